The van der Waals surface area contributed by atoms with E-state index < -0.39 is 0 Å². The maximum Gasteiger partial charge on any atom is 0.223 e. The molecule has 0 bridgehead atoms. The van der Waals surface area contributed by atoms with E-state index >= 15 is 0 Å². The number of benzene rings is 1. The van der Waals surface area contributed by atoms with E-state index in [4.69, 9.17) is 0 Å². The van der Waals surface area contributed by atoms with Crippen LogP contribution in [-0.4, -0.2) is 36.5 Å². The first-order chi connectivity index (χ1) is 12.3. The van der Waals surface area contributed by atoms with Gasteiger partial charge in [-0.3, -0.25) is 9.69 Å². The summed E-state index contributed by atoms with van der Waals surface area (Å²) < 4.78 is 0. The fourth-order valence-electron chi connectivity index (χ4n) is 4.70. The van der Waals surface area contributed by atoms with Crippen LogP contribution in [0.5, 0.6) is 0 Å². The molecule has 2 aliphatic heterocycles. The van der Waals surface area contributed by atoms with E-state index in [1.807, 2.05) is 0 Å². The van der Waals surface area contributed by atoms with Crippen LogP contribution in [0.3, 0.4) is 0 Å². The SMILES string of the molecule is O=C(NC1CCN(Cc2cccc3c2NCC3)CC1)C1CCCCC1. The Kier molecular flexibility index (Phi) is 5.25. The average molecular weight is 341 g/mol. The molecule has 2 N–H and O–H groups in total. The van der Waals surface area contributed by atoms with Crippen LogP contribution in [0.4, 0.5) is 5.69 Å². The molecule has 25 heavy (non-hydrogen) atoms. The summed E-state index contributed by atoms with van der Waals surface area (Å²) in [4.78, 5) is 15.0. The van der Waals surface area contributed by atoms with Gasteiger partial charge < -0.3 is 10.6 Å². The molecule has 1 amide bonds. The van der Waals surface area contributed by atoms with Crippen molar-refractivity contribution in [3.63, 3.8) is 0 Å². The number of carbonyl (C=O) groups is 1. The number of nitrogens with zero attached hydrogens (tertiary/aromatic N) is 1. The van der Waals surface area contributed by atoms with Gasteiger partial charge in [0.25, 0.3) is 0 Å². The van der Waals surface area contributed by atoms with Crippen molar-refractivity contribution in [1.82, 2.24) is 10.2 Å². The molecule has 2 heterocycles. The third kappa shape index (κ3) is 4.00. The number of carbonyl (C=O) groups excluding carboxylic acids is 1. The molecule has 0 radical (unpaired) electrons. The Bertz CT molecular complexity index is 601. The number of rotatable bonds is 4. The predicted molar refractivity (Wildman–Crippen MR) is 102 cm³/mol. The molecule has 136 valence electrons. The topological polar surface area (TPSA) is 44.4 Å². The van der Waals surface area contributed by atoms with Crippen LogP contribution < -0.4 is 10.6 Å². The normalized spacial score (nSPS) is 22.4. The summed E-state index contributed by atoms with van der Waals surface area (Å²) in [5, 5.41) is 6.88. The number of anilines is 1. The molecule has 4 nitrogen and oxygen atoms in total. The van der Waals surface area contributed by atoms with Crippen molar-refractivity contribution in [3.8, 4) is 0 Å². The number of para-hydroxylation sites is 1. The predicted octanol–water partition coefficient (Wildman–Crippen LogP) is 3.32. The Morgan fingerprint density at radius 3 is 2.72 bits per heavy atom. The molecule has 4 rings (SSSR count). The minimum atomic E-state index is 0.282. The standard InChI is InChI=1S/C21H31N3O/c25-21(17-5-2-1-3-6-17)23-19-10-13-24(14-11-19)15-18-8-4-7-16-9-12-22-20(16)18/h4,7-8,17,19,22H,1-3,5-6,9-15H2,(H,23,25). The summed E-state index contributed by atoms with van der Waals surface area (Å²) in [6.45, 7) is 4.26. The Balaban J connectivity index is 1.26. The van der Waals surface area contributed by atoms with E-state index in [1.165, 1.54) is 36.1 Å². The van der Waals surface area contributed by atoms with Gasteiger partial charge in [0.1, 0.15) is 0 Å². The molecule has 3 aliphatic rings. The summed E-state index contributed by atoms with van der Waals surface area (Å²) in [5.41, 5.74) is 4.27. The maximum atomic E-state index is 12.4. The summed E-state index contributed by atoms with van der Waals surface area (Å²) >= 11 is 0. The van der Waals surface area contributed by atoms with Gasteiger partial charge in [0.2, 0.25) is 5.91 Å². The first-order valence-corrected chi connectivity index (χ1v) is 10.2. The molecule has 0 aromatic heterocycles. The summed E-state index contributed by atoms with van der Waals surface area (Å²) in [7, 11) is 0. The maximum absolute atomic E-state index is 12.4. The van der Waals surface area contributed by atoms with E-state index in [0.29, 0.717) is 11.9 Å². The monoisotopic (exact) mass is 341 g/mol. The number of nitrogens with one attached hydrogen (secondary N) is 2. The van der Waals surface area contributed by atoms with Crippen molar-refractivity contribution in [2.24, 2.45) is 5.92 Å². The van der Waals surface area contributed by atoms with Crippen molar-refractivity contribution >= 4 is 11.6 Å². The van der Waals surface area contributed by atoms with Gasteiger partial charge in [0.15, 0.2) is 0 Å². The van der Waals surface area contributed by atoms with Crippen LogP contribution in [0.15, 0.2) is 18.2 Å². The first kappa shape index (κ1) is 16.9. The fourth-order valence-corrected chi connectivity index (χ4v) is 4.70. The van der Waals surface area contributed by atoms with Crippen molar-refractivity contribution < 1.29 is 4.79 Å². The molecule has 1 aliphatic carbocycles. The second kappa shape index (κ2) is 7.77. The van der Waals surface area contributed by atoms with E-state index in [-0.39, 0.29) is 5.92 Å². The van der Waals surface area contributed by atoms with Crippen LogP contribution >= 0.6 is 0 Å². The molecule has 2 fully saturated rings. The van der Waals surface area contributed by atoms with Gasteiger partial charge in [-0.2, -0.15) is 0 Å². The molecule has 0 spiro atoms. The van der Waals surface area contributed by atoms with Gasteiger partial charge >= 0.3 is 0 Å². The number of fused-ring (bicyclic) bond motifs is 1. The van der Waals surface area contributed by atoms with Crippen LogP contribution in [-0.2, 0) is 17.8 Å². The molecule has 1 aromatic carbocycles. The molecular weight excluding hydrogens is 310 g/mol. The molecule has 0 unspecified atom stereocenters. The highest BCUT2D eigenvalue weighted by molar-refractivity contribution is 5.79. The van der Waals surface area contributed by atoms with E-state index in [1.54, 1.807) is 0 Å². The van der Waals surface area contributed by atoms with Crippen molar-refractivity contribution in [1.29, 1.82) is 0 Å². The Morgan fingerprint density at radius 1 is 1.12 bits per heavy atom. The lowest BCUT2D eigenvalue weighted by Crippen LogP contribution is -2.46. The minimum Gasteiger partial charge on any atom is -0.384 e. The summed E-state index contributed by atoms with van der Waals surface area (Å²) in [6.07, 6.45) is 9.27. The van der Waals surface area contributed by atoms with E-state index in [2.05, 4.69) is 33.7 Å². The van der Waals surface area contributed by atoms with E-state index in [9.17, 15) is 4.79 Å². The number of likely N-dealkylation sites (tertiary alicyclic amines) is 1. The summed E-state index contributed by atoms with van der Waals surface area (Å²) in [5.74, 6) is 0.605. The van der Waals surface area contributed by atoms with Crippen molar-refractivity contribution in [2.75, 3.05) is 25.0 Å². The van der Waals surface area contributed by atoms with Crippen molar-refractivity contribution in [3.05, 3.63) is 29.3 Å². The lowest BCUT2D eigenvalue weighted by atomic mass is 9.88. The second-order valence-electron chi connectivity index (χ2n) is 8.02. The fraction of sp³-hybridized carbons (Fsp3) is 0.667. The lowest BCUT2D eigenvalue weighted by molar-refractivity contribution is -0.127. The molecule has 0 atom stereocenters. The van der Waals surface area contributed by atoms with Gasteiger partial charge in [0, 0.05) is 43.8 Å². The molecule has 1 saturated carbocycles. The van der Waals surface area contributed by atoms with Gasteiger partial charge in [0.05, 0.1) is 0 Å². The van der Waals surface area contributed by atoms with Crippen LogP contribution in [0.1, 0.15) is 56.1 Å². The van der Waals surface area contributed by atoms with Crippen molar-refractivity contribution in [2.45, 2.75) is 64.0 Å². The Morgan fingerprint density at radius 2 is 1.92 bits per heavy atom. The second-order valence-corrected chi connectivity index (χ2v) is 8.02. The van der Waals surface area contributed by atoms with Crippen LogP contribution in [0, 0.1) is 5.92 Å². The Hall–Kier alpha value is -1.55. The van der Waals surface area contributed by atoms with Gasteiger partial charge in [-0.15, -0.1) is 0 Å². The zero-order chi connectivity index (χ0) is 17.1. The quantitative estimate of drug-likeness (QED) is 0.883. The minimum absolute atomic E-state index is 0.282. The highest BCUT2D eigenvalue weighted by Gasteiger charge is 2.26. The van der Waals surface area contributed by atoms with Crippen LogP contribution in [0.25, 0.3) is 0 Å². The first-order valence-electron chi connectivity index (χ1n) is 10.2. The molecule has 1 aromatic rings. The number of amides is 1. The molecule has 4 heteroatoms. The zero-order valence-electron chi connectivity index (χ0n) is 15.2. The van der Waals surface area contributed by atoms with Gasteiger partial charge in [-0.05, 0) is 43.2 Å². The van der Waals surface area contributed by atoms with Crippen LogP contribution in [0.2, 0.25) is 0 Å². The smallest absolute Gasteiger partial charge is 0.223 e. The number of hydrogen-bond donors (Lipinski definition) is 2. The average Bonchev–Trinajstić information content (AvgIpc) is 3.14. The number of hydrogen-bond acceptors (Lipinski definition) is 3. The van der Waals surface area contributed by atoms with Gasteiger partial charge in [-0.25, -0.2) is 0 Å². The Labute approximate surface area is 151 Å². The highest BCUT2D eigenvalue weighted by Crippen LogP contribution is 2.28. The van der Waals surface area contributed by atoms with Gasteiger partial charge in [-0.1, -0.05) is 37.5 Å². The lowest BCUT2D eigenvalue weighted by Gasteiger charge is -2.33. The zero-order valence-corrected chi connectivity index (χ0v) is 15.2. The third-order valence-electron chi connectivity index (χ3n) is 6.24. The van der Waals surface area contributed by atoms with E-state index in [0.717, 1.165) is 58.3 Å². The molecular formula is C21H31N3O. The largest absolute Gasteiger partial charge is 0.384 e. The highest BCUT2D eigenvalue weighted by atomic mass is 16.1. The molecule has 1 saturated heterocycles. The summed E-state index contributed by atoms with van der Waals surface area (Å²) in [6, 6.07) is 7.07. The third-order valence-corrected chi connectivity index (χ3v) is 6.24. The number of piperidine rings is 1.